The Hall–Kier alpha value is -0.890. The van der Waals surface area contributed by atoms with E-state index in [2.05, 4.69) is 27.4 Å². The van der Waals surface area contributed by atoms with E-state index in [1.807, 2.05) is 7.05 Å². The van der Waals surface area contributed by atoms with Gasteiger partial charge in [-0.05, 0) is 25.2 Å². The highest BCUT2D eigenvalue weighted by atomic mass is 16.5. The minimum Gasteiger partial charge on any atom is -0.379 e. The fraction of sp³-hybridized carbons (Fsp3) is 0.944. The second-order valence-corrected chi connectivity index (χ2v) is 6.96. The zero-order valence-electron chi connectivity index (χ0n) is 16.0. The maximum absolute atomic E-state index is 5.67. The highest BCUT2D eigenvalue weighted by molar-refractivity contribution is 5.79. The maximum atomic E-state index is 5.67. The van der Waals surface area contributed by atoms with E-state index in [1.165, 1.54) is 6.42 Å². The molecule has 0 spiro atoms. The van der Waals surface area contributed by atoms with Crippen molar-refractivity contribution in [3.8, 4) is 0 Å². The summed E-state index contributed by atoms with van der Waals surface area (Å²) in [5, 5.41) is 6.77. The van der Waals surface area contributed by atoms with Crippen LogP contribution in [-0.2, 0) is 14.2 Å². The monoisotopic (exact) mass is 356 g/mol. The molecule has 0 aromatic carbocycles. The summed E-state index contributed by atoms with van der Waals surface area (Å²) in [6.45, 7) is 11.3. The number of nitrogens with zero attached hydrogens (tertiary/aromatic N) is 2. The molecule has 7 nitrogen and oxygen atoms in total. The van der Waals surface area contributed by atoms with Gasteiger partial charge in [-0.25, -0.2) is 0 Å². The van der Waals surface area contributed by atoms with E-state index < -0.39 is 0 Å². The second kappa shape index (κ2) is 12.5. The Morgan fingerprint density at radius 2 is 2.12 bits per heavy atom. The molecule has 0 saturated carbocycles. The summed E-state index contributed by atoms with van der Waals surface area (Å²) in [7, 11) is 1.82. The van der Waals surface area contributed by atoms with E-state index in [9.17, 15) is 0 Å². The van der Waals surface area contributed by atoms with Crippen LogP contribution in [0.5, 0.6) is 0 Å². The van der Waals surface area contributed by atoms with Crippen LogP contribution in [0.2, 0.25) is 0 Å². The van der Waals surface area contributed by atoms with Crippen molar-refractivity contribution < 1.29 is 14.2 Å². The first-order chi connectivity index (χ1) is 12.3. The van der Waals surface area contributed by atoms with Crippen LogP contribution in [0.3, 0.4) is 0 Å². The van der Waals surface area contributed by atoms with Gasteiger partial charge >= 0.3 is 0 Å². The van der Waals surface area contributed by atoms with Gasteiger partial charge in [-0.1, -0.05) is 6.92 Å². The molecule has 0 bridgehead atoms. The molecule has 0 amide bonds. The Morgan fingerprint density at radius 1 is 1.28 bits per heavy atom. The summed E-state index contributed by atoms with van der Waals surface area (Å²) in [4.78, 5) is 6.76. The molecule has 0 aromatic heterocycles. The predicted molar refractivity (Wildman–Crippen MR) is 100 cm³/mol. The lowest BCUT2D eigenvalue weighted by Gasteiger charge is -2.29. The molecule has 2 aliphatic rings. The zero-order valence-corrected chi connectivity index (χ0v) is 16.0. The van der Waals surface area contributed by atoms with Crippen LogP contribution in [0.15, 0.2) is 4.99 Å². The number of aliphatic imine (C=N–C) groups is 1. The van der Waals surface area contributed by atoms with Gasteiger partial charge in [0.1, 0.15) is 0 Å². The Labute approximate surface area is 152 Å². The summed E-state index contributed by atoms with van der Waals surface area (Å²) in [6, 6.07) is 0. The van der Waals surface area contributed by atoms with Crippen LogP contribution in [0.1, 0.15) is 26.2 Å². The summed E-state index contributed by atoms with van der Waals surface area (Å²) >= 11 is 0. The van der Waals surface area contributed by atoms with Crippen molar-refractivity contribution in [1.82, 2.24) is 15.5 Å². The number of rotatable bonds is 10. The summed E-state index contributed by atoms with van der Waals surface area (Å²) in [5.74, 6) is 1.44. The summed E-state index contributed by atoms with van der Waals surface area (Å²) in [5.41, 5.74) is 0. The lowest BCUT2D eigenvalue weighted by Crippen LogP contribution is -2.44. The number of morpholine rings is 1. The van der Waals surface area contributed by atoms with E-state index in [4.69, 9.17) is 14.2 Å². The van der Waals surface area contributed by atoms with Gasteiger partial charge < -0.3 is 24.8 Å². The van der Waals surface area contributed by atoms with Gasteiger partial charge in [0.15, 0.2) is 5.96 Å². The van der Waals surface area contributed by atoms with Crippen molar-refractivity contribution in [2.24, 2.45) is 10.9 Å². The lowest BCUT2D eigenvalue weighted by molar-refractivity contribution is 0.0168. The summed E-state index contributed by atoms with van der Waals surface area (Å²) in [6.07, 6.45) is 3.59. The number of hydrogen-bond donors (Lipinski definition) is 2. The fourth-order valence-electron chi connectivity index (χ4n) is 3.15. The minimum absolute atomic E-state index is 0.315. The first kappa shape index (κ1) is 20.4. The fourth-order valence-corrected chi connectivity index (χ4v) is 3.15. The van der Waals surface area contributed by atoms with Gasteiger partial charge in [0.2, 0.25) is 0 Å². The van der Waals surface area contributed by atoms with Crippen molar-refractivity contribution in [2.75, 3.05) is 72.8 Å². The number of guanidine groups is 1. The SMILES string of the molecule is CN=C(NCCCOCC1CCCO1)NCC(C)CN1CCOCC1. The van der Waals surface area contributed by atoms with Gasteiger partial charge in [-0.15, -0.1) is 0 Å². The molecule has 146 valence electrons. The molecule has 25 heavy (non-hydrogen) atoms. The van der Waals surface area contributed by atoms with Crippen LogP contribution < -0.4 is 10.6 Å². The summed E-state index contributed by atoms with van der Waals surface area (Å²) < 4.78 is 16.6. The number of hydrogen-bond acceptors (Lipinski definition) is 5. The average Bonchev–Trinajstić information content (AvgIpc) is 3.15. The molecule has 7 heteroatoms. The van der Waals surface area contributed by atoms with Crippen molar-refractivity contribution >= 4 is 5.96 Å². The topological polar surface area (TPSA) is 67.4 Å². The average molecular weight is 357 g/mol. The van der Waals surface area contributed by atoms with E-state index >= 15 is 0 Å². The first-order valence-electron chi connectivity index (χ1n) is 9.72. The molecule has 2 N–H and O–H groups in total. The van der Waals surface area contributed by atoms with Crippen molar-refractivity contribution in [3.63, 3.8) is 0 Å². The highest BCUT2D eigenvalue weighted by Gasteiger charge is 2.15. The molecule has 0 aromatic rings. The molecule has 2 fully saturated rings. The molecule has 0 aliphatic carbocycles. The van der Waals surface area contributed by atoms with Crippen LogP contribution >= 0.6 is 0 Å². The van der Waals surface area contributed by atoms with Gasteiger partial charge in [-0.3, -0.25) is 9.89 Å². The van der Waals surface area contributed by atoms with Crippen molar-refractivity contribution in [3.05, 3.63) is 0 Å². The van der Waals surface area contributed by atoms with E-state index in [0.29, 0.717) is 12.0 Å². The molecule has 2 unspecified atom stereocenters. The van der Waals surface area contributed by atoms with E-state index in [0.717, 1.165) is 84.6 Å². The largest absolute Gasteiger partial charge is 0.379 e. The van der Waals surface area contributed by atoms with E-state index in [1.54, 1.807) is 0 Å². The number of ether oxygens (including phenoxy) is 3. The van der Waals surface area contributed by atoms with Gasteiger partial charge in [0.25, 0.3) is 0 Å². The Bertz CT molecular complexity index is 369. The van der Waals surface area contributed by atoms with Gasteiger partial charge in [0.05, 0.1) is 25.9 Å². The molecular formula is C18H36N4O3. The quantitative estimate of drug-likeness (QED) is 0.341. The van der Waals surface area contributed by atoms with Crippen molar-refractivity contribution in [1.29, 1.82) is 0 Å². The third-order valence-corrected chi connectivity index (χ3v) is 4.60. The van der Waals surface area contributed by atoms with Crippen LogP contribution in [0.4, 0.5) is 0 Å². The highest BCUT2D eigenvalue weighted by Crippen LogP contribution is 2.11. The van der Waals surface area contributed by atoms with Crippen LogP contribution in [0, 0.1) is 5.92 Å². The van der Waals surface area contributed by atoms with Gasteiger partial charge in [0, 0.05) is 53.0 Å². The molecular weight excluding hydrogens is 320 g/mol. The predicted octanol–water partition coefficient (Wildman–Crippen LogP) is 0.705. The van der Waals surface area contributed by atoms with E-state index in [-0.39, 0.29) is 0 Å². The normalized spacial score (nSPS) is 23.6. The lowest BCUT2D eigenvalue weighted by atomic mass is 10.1. The Kier molecular flexibility index (Phi) is 10.2. The molecule has 2 rings (SSSR count). The molecule has 2 saturated heterocycles. The standard InChI is InChI=1S/C18H36N4O3/c1-16(14-22-7-11-23-12-8-22)13-21-18(19-2)20-6-4-9-24-15-17-5-3-10-25-17/h16-17H,3-15H2,1-2H3,(H2,19,20,21). The molecule has 2 atom stereocenters. The molecule has 2 heterocycles. The van der Waals surface area contributed by atoms with Gasteiger partial charge in [-0.2, -0.15) is 0 Å². The Balaban J connectivity index is 1.46. The third-order valence-electron chi connectivity index (χ3n) is 4.60. The first-order valence-corrected chi connectivity index (χ1v) is 9.72. The van der Waals surface area contributed by atoms with Crippen LogP contribution in [0.25, 0.3) is 0 Å². The molecule has 2 aliphatic heterocycles. The minimum atomic E-state index is 0.315. The maximum Gasteiger partial charge on any atom is 0.190 e. The molecule has 0 radical (unpaired) electrons. The zero-order chi connectivity index (χ0) is 17.7. The van der Waals surface area contributed by atoms with Crippen molar-refractivity contribution in [2.45, 2.75) is 32.3 Å². The Morgan fingerprint density at radius 3 is 2.84 bits per heavy atom. The smallest absolute Gasteiger partial charge is 0.190 e. The number of nitrogens with one attached hydrogen (secondary N) is 2. The third kappa shape index (κ3) is 8.85. The second-order valence-electron chi connectivity index (χ2n) is 6.96. The van der Waals surface area contributed by atoms with Crippen LogP contribution in [-0.4, -0.2) is 89.8 Å².